The third-order valence-electron chi connectivity index (χ3n) is 3.47. The molecule has 0 unspecified atom stereocenters. The van der Waals surface area contributed by atoms with Gasteiger partial charge in [0.2, 0.25) is 5.91 Å². The van der Waals surface area contributed by atoms with E-state index in [-0.39, 0.29) is 12.2 Å². The van der Waals surface area contributed by atoms with Gasteiger partial charge in [-0.3, -0.25) is 9.69 Å². The molecule has 0 radical (unpaired) electrons. The summed E-state index contributed by atoms with van der Waals surface area (Å²) in [6.45, 7) is 0.504. The number of rotatable bonds is 5. The van der Waals surface area contributed by atoms with Crippen molar-refractivity contribution in [2.24, 2.45) is 0 Å². The Labute approximate surface area is 178 Å². The number of hydrogen-bond donors (Lipinski definition) is 3. The second-order valence-corrected chi connectivity index (χ2v) is 6.92. The molecule has 3 N–H and O–H groups in total. The predicted octanol–water partition coefficient (Wildman–Crippen LogP) is 3.69. The number of amides is 1. The van der Waals surface area contributed by atoms with Crippen LogP contribution in [0.5, 0.6) is 0 Å². The standard InChI is InChI=1S/C17H16BrF3N2O.C2H2O4/c1-23(10-12-6-8-13(18)9-7-12)11-16(24)22-15-5-3-2-4-14(15)17(19,20)21;3-1(4)2(5)6/h2-9H,10-11H2,1H3,(H,22,24);(H,3,4)(H,5,6). The van der Waals surface area contributed by atoms with Gasteiger partial charge in [-0.1, -0.05) is 40.2 Å². The quantitative estimate of drug-likeness (QED) is 0.551. The molecule has 11 heteroatoms. The Balaban J connectivity index is 0.000000656. The second-order valence-electron chi connectivity index (χ2n) is 6.00. The first-order chi connectivity index (χ1) is 13.9. The van der Waals surface area contributed by atoms with Crippen LogP contribution in [0.25, 0.3) is 0 Å². The molecule has 0 saturated carbocycles. The maximum Gasteiger partial charge on any atom is 0.418 e. The normalized spacial score (nSPS) is 10.7. The van der Waals surface area contributed by atoms with Gasteiger partial charge in [-0.2, -0.15) is 13.2 Å². The summed E-state index contributed by atoms with van der Waals surface area (Å²) in [4.78, 5) is 31.9. The van der Waals surface area contributed by atoms with E-state index in [1.165, 1.54) is 18.2 Å². The van der Waals surface area contributed by atoms with Crippen molar-refractivity contribution in [2.75, 3.05) is 18.9 Å². The van der Waals surface area contributed by atoms with Crippen LogP contribution in [-0.2, 0) is 27.1 Å². The summed E-state index contributed by atoms with van der Waals surface area (Å²) in [6.07, 6.45) is -4.51. The summed E-state index contributed by atoms with van der Waals surface area (Å²) in [5.74, 6) is -4.14. The summed E-state index contributed by atoms with van der Waals surface area (Å²) < 4.78 is 39.7. The second kappa shape index (κ2) is 11.3. The molecular weight excluding hydrogens is 473 g/mol. The lowest BCUT2D eigenvalue weighted by molar-refractivity contribution is -0.159. The van der Waals surface area contributed by atoms with Gasteiger partial charge < -0.3 is 15.5 Å². The topological polar surface area (TPSA) is 107 Å². The van der Waals surface area contributed by atoms with Gasteiger partial charge in [0.25, 0.3) is 0 Å². The number of likely N-dealkylation sites (N-methyl/N-ethyl adjacent to an activating group) is 1. The zero-order chi connectivity index (χ0) is 22.9. The number of hydrogen-bond acceptors (Lipinski definition) is 4. The number of alkyl halides is 3. The van der Waals surface area contributed by atoms with Crippen LogP contribution in [0.4, 0.5) is 18.9 Å². The molecule has 0 aliphatic heterocycles. The van der Waals surface area contributed by atoms with Crippen molar-refractivity contribution in [3.8, 4) is 0 Å². The Hall–Kier alpha value is -2.92. The number of carboxylic acid groups (broad SMARTS) is 2. The minimum Gasteiger partial charge on any atom is -0.473 e. The van der Waals surface area contributed by atoms with Gasteiger partial charge in [0.15, 0.2) is 0 Å². The molecule has 0 bridgehead atoms. The van der Waals surface area contributed by atoms with Crippen molar-refractivity contribution in [3.05, 3.63) is 64.1 Å². The molecule has 30 heavy (non-hydrogen) atoms. The fourth-order valence-electron chi connectivity index (χ4n) is 2.23. The highest BCUT2D eigenvalue weighted by Crippen LogP contribution is 2.34. The molecule has 2 rings (SSSR count). The number of halogens is 4. The van der Waals surface area contributed by atoms with E-state index in [4.69, 9.17) is 19.8 Å². The van der Waals surface area contributed by atoms with E-state index >= 15 is 0 Å². The summed E-state index contributed by atoms with van der Waals surface area (Å²) in [6, 6.07) is 12.5. The van der Waals surface area contributed by atoms with E-state index < -0.39 is 29.6 Å². The molecule has 0 aliphatic carbocycles. The van der Waals surface area contributed by atoms with Crippen molar-refractivity contribution < 1.29 is 37.8 Å². The third-order valence-corrected chi connectivity index (χ3v) is 4.00. The number of carbonyl (C=O) groups is 3. The van der Waals surface area contributed by atoms with Crippen molar-refractivity contribution in [1.82, 2.24) is 4.90 Å². The zero-order valence-electron chi connectivity index (χ0n) is 15.6. The van der Waals surface area contributed by atoms with Gasteiger partial charge in [-0.05, 0) is 36.9 Å². The number of benzene rings is 2. The molecule has 2 aromatic rings. The highest BCUT2D eigenvalue weighted by Gasteiger charge is 2.33. The molecule has 0 atom stereocenters. The summed E-state index contributed by atoms with van der Waals surface area (Å²) in [5.41, 5.74) is -0.0786. The number of nitrogens with zero attached hydrogens (tertiary/aromatic N) is 1. The number of nitrogens with one attached hydrogen (secondary N) is 1. The monoisotopic (exact) mass is 490 g/mol. The van der Waals surface area contributed by atoms with Crippen LogP contribution in [0.15, 0.2) is 53.0 Å². The largest absolute Gasteiger partial charge is 0.473 e. The SMILES string of the molecule is CN(CC(=O)Nc1ccccc1C(F)(F)F)Cc1ccc(Br)cc1.O=C(O)C(=O)O. The van der Waals surface area contributed by atoms with Gasteiger partial charge >= 0.3 is 18.1 Å². The van der Waals surface area contributed by atoms with Crippen LogP contribution in [0.1, 0.15) is 11.1 Å². The minimum absolute atomic E-state index is 0.0117. The molecule has 0 heterocycles. The first kappa shape index (κ1) is 25.1. The van der Waals surface area contributed by atoms with Crippen molar-refractivity contribution in [2.45, 2.75) is 12.7 Å². The van der Waals surface area contributed by atoms with Gasteiger partial charge in [0, 0.05) is 11.0 Å². The zero-order valence-corrected chi connectivity index (χ0v) is 17.2. The van der Waals surface area contributed by atoms with Crippen LogP contribution in [0.3, 0.4) is 0 Å². The number of carboxylic acids is 2. The average molecular weight is 491 g/mol. The Morgan fingerprint density at radius 2 is 1.53 bits per heavy atom. The number of anilines is 1. The molecule has 2 aromatic carbocycles. The lowest BCUT2D eigenvalue weighted by atomic mass is 10.1. The van der Waals surface area contributed by atoms with Gasteiger partial charge in [0.1, 0.15) is 0 Å². The van der Waals surface area contributed by atoms with Crippen molar-refractivity contribution in [1.29, 1.82) is 0 Å². The highest BCUT2D eigenvalue weighted by molar-refractivity contribution is 9.10. The molecule has 0 spiro atoms. The van der Waals surface area contributed by atoms with E-state index in [0.29, 0.717) is 6.54 Å². The molecule has 0 saturated heterocycles. The number of carbonyl (C=O) groups excluding carboxylic acids is 1. The lowest BCUT2D eigenvalue weighted by Gasteiger charge is -2.18. The molecule has 0 fully saturated rings. The van der Waals surface area contributed by atoms with E-state index in [0.717, 1.165) is 16.1 Å². The van der Waals surface area contributed by atoms with E-state index in [1.807, 2.05) is 24.3 Å². The molecule has 0 aliphatic rings. The summed E-state index contributed by atoms with van der Waals surface area (Å²) in [5, 5.41) is 17.1. The Morgan fingerprint density at radius 1 is 1.00 bits per heavy atom. The third kappa shape index (κ3) is 9.05. The Bertz CT molecular complexity index is 876. The smallest absolute Gasteiger partial charge is 0.418 e. The lowest BCUT2D eigenvalue weighted by Crippen LogP contribution is -2.30. The first-order valence-corrected chi connectivity index (χ1v) is 9.04. The fraction of sp³-hybridized carbons (Fsp3) is 0.211. The Morgan fingerprint density at radius 3 is 2.03 bits per heavy atom. The molecule has 1 amide bonds. The van der Waals surface area contributed by atoms with Gasteiger partial charge in [-0.25, -0.2) is 9.59 Å². The summed E-state index contributed by atoms with van der Waals surface area (Å²) >= 11 is 3.34. The first-order valence-electron chi connectivity index (χ1n) is 8.25. The van der Waals surface area contributed by atoms with E-state index in [1.54, 1.807) is 11.9 Å². The molecular formula is C19H18BrF3N2O5. The predicted molar refractivity (Wildman–Crippen MR) is 106 cm³/mol. The molecule has 7 nitrogen and oxygen atoms in total. The van der Waals surface area contributed by atoms with Crippen LogP contribution in [0.2, 0.25) is 0 Å². The molecule has 162 valence electrons. The van der Waals surface area contributed by atoms with Gasteiger partial charge in [0.05, 0.1) is 17.8 Å². The van der Waals surface area contributed by atoms with Crippen LogP contribution in [0, 0.1) is 0 Å². The maximum absolute atomic E-state index is 12.9. The van der Waals surface area contributed by atoms with Gasteiger partial charge in [-0.15, -0.1) is 0 Å². The minimum atomic E-state index is -4.51. The van der Waals surface area contributed by atoms with Crippen LogP contribution < -0.4 is 5.32 Å². The number of aliphatic carboxylic acids is 2. The molecule has 0 aromatic heterocycles. The fourth-order valence-corrected chi connectivity index (χ4v) is 2.50. The van der Waals surface area contributed by atoms with Crippen LogP contribution >= 0.6 is 15.9 Å². The van der Waals surface area contributed by atoms with Crippen molar-refractivity contribution in [3.63, 3.8) is 0 Å². The van der Waals surface area contributed by atoms with Crippen molar-refractivity contribution >= 4 is 39.5 Å². The Kier molecular flexibility index (Phi) is 9.47. The van der Waals surface area contributed by atoms with E-state index in [2.05, 4.69) is 21.2 Å². The number of para-hydroxylation sites is 1. The van der Waals surface area contributed by atoms with E-state index in [9.17, 15) is 18.0 Å². The highest BCUT2D eigenvalue weighted by atomic mass is 79.9. The van der Waals surface area contributed by atoms with Crippen LogP contribution in [-0.4, -0.2) is 46.6 Å². The summed E-state index contributed by atoms with van der Waals surface area (Å²) in [7, 11) is 1.73. The maximum atomic E-state index is 12.9. The average Bonchev–Trinajstić information content (AvgIpc) is 2.63.